The Morgan fingerprint density at radius 1 is 1.33 bits per heavy atom. The highest BCUT2D eigenvalue weighted by Crippen LogP contribution is 2.50. The maximum atomic E-state index is 12.7. The van der Waals surface area contributed by atoms with Crippen LogP contribution in [0.1, 0.15) is 20.8 Å². The first-order valence-electron chi connectivity index (χ1n) is 6.20. The van der Waals surface area contributed by atoms with Crippen LogP contribution in [-0.2, 0) is 9.09 Å². The molecule has 0 bridgehead atoms. The Bertz CT molecular complexity index is 292. The van der Waals surface area contributed by atoms with Crippen molar-refractivity contribution in [3.63, 3.8) is 0 Å². The molecule has 0 aromatic rings. The van der Waals surface area contributed by atoms with Crippen molar-refractivity contribution in [2.45, 2.75) is 20.8 Å². The van der Waals surface area contributed by atoms with Gasteiger partial charge in [0.2, 0.25) is 0 Å². The summed E-state index contributed by atoms with van der Waals surface area (Å²) in [5.41, 5.74) is 0.141. The number of rotatable bonds is 5. The molecule has 1 rings (SSSR count). The van der Waals surface area contributed by atoms with Gasteiger partial charge in [-0.3, -0.25) is 4.57 Å². The summed E-state index contributed by atoms with van der Waals surface area (Å²) in [6.07, 6.45) is 0. The van der Waals surface area contributed by atoms with Gasteiger partial charge in [0, 0.05) is 37.3 Å². The number of alkyl halides is 2. The molecule has 0 aliphatic carbocycles. The van der Waals surface area contributed by atoms with E-state index in [9.17, 15) is 4.57 Å². The van der Waals surface area contributed by atoms with E-state index < -0.39 is 7.67 Å². The van der Waals surface area contributed by atoms with Gasteiger partial charge in [-0.15, -0.1) is 23.2 Å². The Kier molecular flexibility index (Phi) is 6.43. The van der Waals surface area contributed by atoms with Gasteiger partial charge in [-0.25, -0.2) is 9.76 Å². The molecule has 1 fully saturated rings. The van der Waals surface area contributed by atoms with Gasteiger partial charge in [-0.1, -0.05) is 20.8 Å². The molecule has 0 aromatic carbocycles. The Morgan fingerprint density at radius 2 is 1.89 bits per heavy atom. The number of nitrogens with one attached hydrogen (secondary N) is 1. The zero-order valence-electron chi connectivity index (χ0n) is 11.3. The van der Waals surface area contributed by atoms with E-state index in [4.69, 9.17) is 27.7 Å². The maximum absolute atomic E-state index is 12.7. The molecule has 108 valence electrons. The summed E-state index contributed by atoms with van der Waals surface area (Å²) in [5, 5.41) is 3.06. The molecule has 1 aliphatic rings. The molecule has 0 unspecified atom stereocenters. The fraction of sp³-hybridized carbons (Fsp3) is 1.00. The van der Waals surface area contributed by atoms with E-state index in [2.05, 4.69) is 25.9 Å². The van der Waals surface area contributed by atoms with Gasteiger partial charge in [0.25, 0.3) is 0 Å². The van der Waals surface area contributed by atoms with Crippen LogP contribution in [0.25, 0.3) is 0 Å². The fourth-order valence-electron chi connectivity index (χ4n) is 1.83. The highest BCUT2D eigenvalue weighted by Gasteiger charge is 2.39. The van der Waals surface area contributed by atoms with Crippen molar-refractivity contribution in [1.29, 1.82) is 0 Å². The van der Waals surface area contributed by atoms with Crippen molar-refractivity contribution in [1.82, 2.24) is 9.76 Å². The molecule has 0 saturated carbocycles. The van der Waals surface area contributed by atoms with E-state index in [0.29, 0.717) is 43.9 Å². The Balaban J connectivity index is 2.64. The van der Waals surface area contributed by atoms with E-state index in [1.54, 1.807) is 4.67 Å². The van der Waals surface area contributed by atoms with Gasteiger partial charge < -0.3 is 4.52 Å². The molecule has 0 radical (unpaired) electrons. The first-order chi connectivity index (χ1) is 8.33. The summed E-state index contributed by atoms with van der Waals surface area (Å²) in [6.45, 7) is 8.71. The highest BCUT2D eigenvalue weighted by molar-refractivity contribution is 7.54. The van der Waals surface area contributed by atoms with Crippen LogP contribution < -0.4 is 5.09 Å². The smallest absolute Gasteiger partial charge is 0.306 e. The minimum Gasteiger partial charge on any atom is -0.306 e. The Hall–Kier alpha value is 0.690. The summed E-state index contributed by atoms with van der Waals surface area (Å²) in [4.78, 5) is 0. The van der Waals surface area contributed by atoms with Crippen LogP contribution in [0.4, 0.5) is 0 Å². The van der Waals surface area contributed by atoms with Crippen molar-refractivity contribution < 1.29 is 9.09 Å². The zero-order valence-corrected chi connectivity index (χ0v) is 13.7. The van der Waals surface area contributed by atoms with Crippen molar-refractivity contribution in [3.8, 4) is 0 Å². The van der Waals surface area contributed by atoms with Crippen molar-refractivity contribution in [2.24, 2.45) is 11.3 Å². The van der Waals surface area contributed by atoms with Gasteiger partial charge in [0.05, 0.1) is 6.61 Å². The molecule has 4 nitrogen and oxygen atoms in total. The third-order valence-corrected chi connectivity index (χ3v) is 5.83. The van der Waals surface area contributed by atoms with E-state index in [1.807, 2.05) is 0 Å². The third-order valence-electron chi connectivity index (χ3n) is 3.27. The first-order valence-corrected chi connectivity index (χ1v) is 8.85. The summed E-state index contributed by atoms with van der Waals surface area (Å²) in [5.74, 6) is 1.18. The summed E-state index contributed by atoms with van der Waals surface area (Å²) < 4.78 is 20.0. The van der Waals surface area contributed by atoms with Crippen LogP contribution in [0, 0.1) is 11.3 Å². The second kappa shape index (κ2) is 6.92. The zero-order chi connectivity index (χ0) is 13.8. The quantitative estimate of drug-likeness (QED) is 0.625. The van der Waals surface area contributed by atoms with Gasteiger partial charge in [0.1, 0.15) is 0 Å². The van der Waals surface area contributed by atoms with Crippen LogP contribution in [0.2, 0.25) is 0 Å². The number of halogens is 2. The molecular weight excluding hydrogens is 294 g/mol. The third kappa shape index (κ3) is 4.36. The summed E-state index contributed by atoms with van der Waals surface area (Å²) in [6, 6.07) is 0. The molecule has 1 aliphatic heterocycles. The molecule has 7 heteroatoms. The minimum absolute atomic E-state index is 0.141. The van der Waals surface area contributed by atoms with E-state index in [-0.39, 0.29) is 5.41 Å². The van der Waals surface area contributed by atoms with Gasteiger partial charge in [0.15, 0.2) is 0 Å². The molecule has 1 saturated heterocycles. The monoisotopic (exact) mass is 316 g/mol. The van der Waals surface area contributed by atoms with E-state index in [0.717, 1.165) is 0 Å². The number of hydrogen-bond acceptors (Lipinski definition) is 2. The lowest BCUT2D eigenvalue weighted by atomic mass is 9.81. The van der Waals surface area contributed by atoms with Crippen LogP contribution in [0.15, 0.2) is 0 Å². The lowest BCUT2D eigenvalue weighted by Gasteiger charge is -2.40. The van der Waals surface area contributed by atoms with E-state index >= 15 is 0 Å². The van der Waals surface area contributed by atoms with Gasteiger partial charge in [-0.05, 0) is 5.41 Å². The molecular formula is C11H23Cl2N2O2P. The molecule has 1 N–H and O–H groups in total. The summed E-state index contributed by atoms with van der Waals surface area (Å²) >= 11 is 11.5. The SMILES string of the molecule is CC(C)(C)[C@H]1CN[P@@](=O)(N(CCCl)CCCl)OC1. The molecule has 2 atom stereocenters. The standard InChI is InChI=1S/C11H23Cl2N2O2P/c1-11(2,3)10-8-14-18(16,17-9-10)15(6-4-12)7-5-13/h10H,4-9H2,1-3H3,(H,14,16)/t10-,18-/m0/s1. The van der Waals surface area contributed by atoms with Crippen molar-refractivity contribution >= 4 is 30.9 Å². The van der Waals surface area contributed by atoms with Crippen molar-refractivity contribution in [3.05, 3.63) is 0 Å². The average molecular weight is 317 g/mol. The predicted octanol–water partition coefficient (Wildman–Crippen LogP) is 3.16. The second-order valence-corrected chi connectivity index (χ2v) is 8.51. The van der Waals surface area contributed by atoms with Crippen LogP contribution in [0.5, 0.6) is 0 Å². The second-order valence-electron chi connectivity index (χ2n) is 5.57. The topological polar surface area (TPSA) is 41.6 Å². The first kappa shape index (κ1) is 16.7. The lowest BCUT2D eigenvalue weighted by Crippen LogP contribution is -2.43. The highest BCUT2D eigenvalue weighted by atomic mass is 35.5. The Labute approximate surface area is 120 Å². The van der Waals surface area contributed by atoms with Gasteiger partial charge in [-0.2, -0.15) is 0 Å². The summed E-state index contributed by atoms with van der Waals surface area (Å²) in [7, 11) is -2.95. The number of hydrogen-bond donors (Lipinski definition) is 1. The van der Waals surface area contributed by atoms with Crippen LogP contribution in [0.3, 0.4) is 0 Å². The van der Waals surface area contributed by atoms with Crippen LogP contribution in [-0.4, -0.2) is 42.7 Å². The van der Waals surface area contributed by atoms with Crippen LogP contribution >= 0.6 is 30.9 Å². The average Bonchev–Trinajstić information content (AvgIpc) is 2.28. The van der Waals surface area contributed by atoms with Crippen molar-refractivity contribution in [2.75, 3.05) is 38.0 Å². The molecule has 0 amide bonds. The maximum Gasteiger partial charge on any atom is 0.343 e. The molecule has 1 heterocycles. The fourth-order valence-corrected chi connectivity index (χ4v) is 4.49. The van der Waals surface area contributed by atoms with Gasteiger partial charge >= 0.3 is 7.67 Å². The molecule has 0 aromatic heterocycles. The minimum atomic E-state index is -2.95. The molecule has 0 spiro atoms. The number of nitrogens with zero attached hydrogens (tertiary/aromatic N) is 1. The normalized spacial score (nSPS) is 29.8. The predicted molar refractivity (Wildman–Crippen MR) is 77.5 cm³/mol. The lowest BCUT2D eigenvalue weighted by molar-refractivity contribution is 0.113. The van der Waals surface area contributed by atoms with E-state index in [1.165, 1.54) is 0 Å². The largest absolute Gasteiger partial charge is 0.343 e. The Morgan fingerprint density at radius 3 is 2.22 bits per heavy atom. The molecule has 18 heavy (non-hydrogen) atoms.